The van der Waals surface area contributed by atoms with Crippen molar-refractivity contribution in [3.63, 3.8) is 0 Å². The van der Waals surface area contributed by atoms with Gasteiger partial charge in [-0.25, -0.2) is 0 Å². The first-order chi connectivity index (χ1) is 25.9. The molecule has 5 aliphatic rings. The summed E-state index contributed by atoms with van der Waals surface area (Å²) in [5, 5.41) is 19.9. The normalized spacial score (nSPS) is 40.0. The fourth-order valence-corrected chi connectivity index (χ4v) is 13.5. The second-order valence-electron chi connectivity index (χ2n) is 20.6. The molecular formula is C47H71N3O5. The molecule has 1 aliphatic heterocycles. The van der Waals surface area contributed by atoms with Crippen LogP contribution in [0.4, 0.5) is 0 Å². The number of ether oxygens (including phenoxy) is 3. The van der Waals surface area contributed by atoms with Crippen LogP contribution in [0, 0.1) is 62.6 Å². The minimum Gasteiger partial charge on any atom is -0.497 e. The number of benzene rings is 1. The summed E-state index contributed by atoms with van der Waals surface area (Å²) in [6.45, 7) is 25.1. The number of fused-ring (bicyclic) bond motifs is 3. The fraction of sp³-hybridized carbons (Fsp3) is 0.745. The van der Waals surface area contributed by atoms with Crippen LogP contribution in [0.1, 0.15) is 114 Å². The molecule has 0 unspecified atom stereocenters. The molecule has 4 aliphatic carbocycles. The maximum absolute atomic E-state index is 13.6. The van der Waals surface area contributed by atoms with Gasteiger partial charge in [0.15, 0.2) is 0 Å². The van der Waals surface area contributed by atoms with E-state index in [1.165, 1.54) is 0 Å². The van der Waals surface area contributed by atoms with E-state index in [0.717, 1.165) is 55.5 Å². The molecule has 8 nitrogen and oxygen atoms in total. The summed E-state index contributed by atoms with van der Waals surface area (Å²) in [6, 6.07) is 10.4. The molecule has 3 saturated carbocycles. The molecule has 1 saturated heterocycles. The second-order valence-corrected chi connectivity index (χ2v) is 20.6. The van der Waals surface area contributed by atoms with Gasteiger partial charge in [-0.05, 0) is 117 Å². The number of hydrogen-bond donors (Lipinski definition) is 2. The van der Waals surface area contributed by atoms with Gasteiger partial charge < -0.3 is 24.6 Å². The molecule has 2 bridgehead atoms. The van der Waals surface area contributed by atoms with Gasteiger partial charge in [-0.15, -0.1) is 0 Å². The predicted octanol–water partition coefficient (Wildman–Crippen LogP) is 9.71. The minimum absolute atomic E-state index is 0.0382. The van der Waals surface area contributed by atoms with E-state index in [0.29, 0.717) is 49.4 Å². The van der Waals surface area contributed by atoms with Crippen molar-refractivity contribution < 1.29 is 24.1 Å². The zero-order valence-corrected chi connectivity index (χ0v) is 36.0. The van der Waals surface area contributed by atoms with Gasteiger partial charge in [0, 0.05) is 28.1 Å². The second kappa shape index (κ2) is 14.0. The largest absolute Gasteiger partial charge is 0.497 e. The van der Waals surface area contributed by atoms with Gasteiger partial charge in [0.05, 0.1) is 50.7 Å². The highest BCUT2D eigenvalue weighted by atomic mass is 16.5. The van der Waals surface area contributed by atoms with Gasteiger partial charge in [-0.2, -0.15) is 5.10 Å². The lowest BCUT2D eigenvalue weighted by Gasteiger charge is -2.71. The smallest absolute Gasteiger partial charge is 0.307 e. The molecule has 0 spiro atoms. The molecule has 2 N–H and O–H groups in total. The van der Waals surface area contributed by atoms with Crippen LogP contribution in [0.25, 0.3) is 11.3 Å². The van der Waals surface area contributed by atoms with Crippen LogP contribution in [-0.4, -0.2) is 66.5 Å². The number of nitrogens with one attached hydrogen (secondary N) is 1. The van der Waals surface area contributed by atoms with Crippen molar-refractivity contribution in [2.75, 3.05) is 34.0 Å². The van der Waals surface area contributed by atoms with E-state index in [2.05, 4.69) is 110 Å². The Kier molecular flexibility index (Phi) is 10.3. The van der Waals surface area contributed by atoms with Crippen LogP contribution in [-0.2, 0) is 14.3 Å². The number of allylic oxidation sites excluding steroid dienone is 1. The molecule has 8 heteroatoms. The van der Waals surface area contributed by atoms with Gasteiger partial charge in [-0.1, -0.05) is 86.1 Å². The van der Waals surface area contributed by atoms with Crippen LogP contribution < -0.4 is 10.1 Å². The van der Waals surface area contributed by atoms with E-state index in [9.17, 15) is 9.90 Å². The van der Waals surface area contributed by atoms with Crippen molar-refractivity contribution in [3.05, 3.63) is 48.2 Å². The number of carboxylic acids is 1. The first-order valence-electron chi connectivity index (χ1n) is 21.4. The maximum atomic E-state index is 13.6. The van der Waals surface area contributed by atoms with Crippen molar-refractivity contribution >= 4 is 5.97 Å². The molecule has 304 valence electrons. The molecule has 0 amide bonds. The standard InChI is InChI=1S/C47H71N3O5/c1-29(2)31(5)42(6)21-22-44(8)34-16-17-38-43(7)26-54-28-47(38,35(34)18-20-45(44,9)39(42)41(51)52)25-37(40(43)55-27-46(10,48-11)30(3)4)50-36(19-23-49-50)32-14-13-15-33(24-32)53-12/h13-15,18-19,23-24,29-31,34,37-40,48H,16-17,20-22,25-28H2,1-12H3,(H,51,52)/t31-,34+,37-,38+,39-,40+,42-,43-,44-,45+,46+,47+/m1/s1. The van der Waals surface area contributed by atoms with Crippen LogP contribution in [0.5, 0.6) is 5.75 Å². The molecule has 55 heavy (non-hydrogen) atoms. The van der Waals surface area contributed by atoms with Crippen molar-refractivity contribution in [1.29, 1.82) is 0 Å². The Hall–Kier alpha value is -2.68. The molecule has 1 aromatic heterocycles. The van der Waals surface area contributed by atoms with Gasteiger partial charge in [0.2, 0.25) is 0 Å². The van der Waals surface area contributed by atoms with Crippen LogP contribution in [0.3, 0.4) is 0 Å². The predicted molar refractivity (Wildman–Crippen MR) is 219 cm³/mol. The average molecular weight is 758 g/mol. The zero-order valence-electron chi connectivity index (χ0n) is 36.0. The quantitative estimate of drug-likeness (QED) is 0.221. The van der Waals surface area contributed by atoms with Crippen molar-refractivity contribution in [2.45, 2.75) is 125 Å². The highest BCUT2D eigenvalue weighted by Gasteiger charge is 2.72. The molecule has 12 atom stereocenters. The highest BCUT2D eigenvalue weighted by Crippen LogP contribution is 2.75. The Bertz CT molecular complexity index is 1790. The number of aliphatic carboxylic acids is 1. The Morgan fingerprint density at radius 3 is 2.47 bits per heavy atom. The number of aromatic nitrogens is 2. The summed E-state index contributed by atoms with van der Waals surface area (Å²) in [5.41, 5.74) is 2.25. The number of methoxy groups -OCH3 is 1. The fourth-order valence-electron chi connectivity index (χ4n) is 13.5. The van der Waals surface area contributed by atoms with Crippen LogP contribution in [0.2, 0.25) is 0 Å². The lowest BCUT2D eigenvalue weighted by atomic mass is 9.34. The highest BCUT2D eigenvalue weighted by molar-refractivity contribution is 5.73. The molecule has 2 aromatic rings. The maximum Gasteiger partial charge on any atom is 0.307 e. The van der Waals surface area contributed by atoms with E-state index in [4.69, 9.17) is 19.3 Å². The number of likely N-dealkylation sites (N-methyl/N-ethyl adjacent to an activating group) is 1. The van der Waals surface area contributed by atoms with E-state index in [1.54, 1.807) is 12.7 Å². The van der Waals surface area contributed by atoms with Gasteiger partial charge >= 0.3 is 5.97 Å². The Morgan fingerprint density at radius 2 is 1.82 bits per heavy atom. The van der Waals surface area contributed by atoms with Crippen molar-refractivity contribution in [1.82, 2.24) is 15.1 Å². The number of carbonyl (C=O) groups is 1. The number of hydrogen-bond acceptors (Lipinski definition) is 6. The SMILES string of the molecule is CN[C@@](C)(CO[C@H]1[C@H](n2nccc2-c2cccc(OC)c2)C[C@@]23COC[C@]1(C)[C@@H]2CC[C@H]1C3=CC[C@@]2(C)[C@H](C(=O)O)[C@@](C)([C@H](C)C(C)C)CC[C@]12C)C(C)C. The average Bonchev–Trinajstić information content (AvgIpc) is 3.64. The number of rotatable bonds is 11. The zero-order chi connectivity index (χ0) is 39.9. The van der Waals surface area contributed by atoms with Crippen molar-refractivity contribution in [3.8, 4) is 17.0 Å². The third kappa shape index (κ3) is 5.83. The Morgan fingerprint density at radius 1 is 1.07 bits per heavy atom. The molecule has 2 heterocycles. The lowest BCUT2D eigenvalue weighted by Crippen LogP contribution is -2.69. The van der Waals surface area contributed by atoms with E-state index in [1.807, 2.05) is 19.3 Å². The van der Waals surface area contributed by atoms with Crippen molar-refractivity contribution in [2.24, 2.45) is 62.6 Å². The monoisotopic (exact) mass is 758 g/mol. The first-order valence-corrected chi connectivity index (χ1v) is 21.4. The van der Waals surface area contributed by atoms with E-state index < -0.39 is 11.9 Å². The first kappa shape index (κ1) is 40.5. The number of nitrogens with zero attached hydrogens (tertiary/aromatic N) is 2. The van der Waals surface area contributed by atoms with E-state index >= 15 is 0 Å². The summed E-state index contributed by atoms with van der Waals surface area (Å²) in [4.78, 5) is 13.6. The third-order valence-corrected chi connectivity index (χ3v) is 17.8. The van der Waals surface area contributed by atoms with Gasteiger partial charge in [0.1, 0.15) is 5.75 Å². The van der Waals surface area contributed by atoms with Gasteiger partial charge in [-0.3, -0.25) is 9.48 Å². The van der Waals surface area contributed by atoms with Gasteiger partial charge in [0.25, 0.3) is 0 Å². The molecule has 0 radical (unpaired) electrons. The minimum atomic E-state index is -0.614. The molecule has 4 fully saturated rings. The lowest BCUT2D eigenvalue weighted by molar-refractivity contribution is -0.253. The summed E-state index contributed by atoms with van der Waals surface area (Å²) in [6.07, 6.45) is 10.2. The summed E-state index contributed by atoms with van der Waals surface area (Å²) in [7, 11) is 3.76. The Balaban J connectivity index is 1.36. The summed E-state index contributed by atoms with van der Waals surface area (Å²) in [5.74, 6) is 1.59. The Labute approximate surface area is 331 Å². The molecule has 7 rings (SSSR count). The third-order valence-electron chi connectivity index (χ3n) is 17.8. The van der Waals surface area contributed by atoms with Crippen LogP contribution >= 0.6 is 0 Å². The number of carboxylic acid groups (broad SMARTS) is 1. The summed E-state index contributed by atoms with van der Waals surface area (Å²) >= 11 is 0. The molecule has 1 aromatic carbocycles. The van der Waals surface area contributed by atoms with E-state index in [-0.39, 0.29) is 44.8 Å². The topological polar surface area (TPSA) is 94.8 Å². The summed E-state index contributed by atoms with van der Waals surface area (Å²) < 4.78 is 22.2. The molecular weight excluding hydrogens is 687 g/mol. The van der Waals surface area contributed by atoms with Crippen LogP contribution in [0.15, 0.2) is 48.2 Å².